The SMILES string of the molecule is CCC(C)NC(=O)C(Cc1ccccc1)N(Cc1ccc(Cl)cc1Cl)C(=O)CSCc1ccc(Cl)cc1. The lowest BCUT2D eigenvalue weighted by Crippen LogP contribution is -2.52. The van der Waals surface area contributed by atoms with Crippen molar-refractivity contribution in [3.63, 3.8) is 0 Å². The number of nitrogens with zero attached hydrogens (tertiary/aromatic N) is 1. The molecule has 1 N–H and O–H groups in total. The standard InChI is InChI=1S/C29H31Cl3N2O2S/c1-3-20(2)33-29(36)27(15-21-7-5-4-6-8-21)34(17-23-11-14-25(31)16-26(23)32)28(35)19-37-18-22-9-12-24(30)13-10-22/h4-14,16,20,27H,3,15,17-19H2,1-2H3,(H,33,36). The molecule has 0 saturated heterocycles. The van der Waals surface area contributed by atoms with Gasteiger partial charge in [-0.2, -0.15) is 0 Å². The van der Waals surface area contributed by atoms with E-state index in [0.717, 1.165) is 23.1 Å². The third-order valence-corrected chi connectivity index (χ3v) is 7.86. The average Bonchev–Trinajstić information content (AvgIpc) is 2.88. The van der Waals surface area contributed by atoms with Crippen molar-refractivity contribution < 1.29 is 9.59 Å². The highest BCUT2D eigenvalue weighted by molar-refractivity contribution is 7.99. The highest BCUT2D eigenvalue weighted by atomic mass is 35.5. The molecule has 3 aromatic carbocycles. The number of rotatable bonds is 12. The van der Waals surface area contributed by atoms with E-state index < -0.39 is 6.04 Å². The third kappa shape index (κ3) is 9.26. The average molecular weight is 578 g/mol. The molecule has 3 aromatic rings. The number of nitrogens with one attached hydrogen (secondary N) is 1. The topological polar surface area (TPSA) is 49.4 Å². The predicted molar refractivity (Wildman–Crippen MR) is 156 cm³/mol. The van der Waals surface area contributed by atoms with Crippen molar-refractivity contribution in [1.29, 1.82) is 0 Å². The second kappa shape index (κ2) is 14.7. The molecule has 0 aliphatic heterocycles. The Kier molecular flexibility index (Phi) is 11.7. The van der Waals surface area contributed by atoms with Crippen LogP contribution in [0.3, 0.4) is 0 Å². The summed E-state index contributed by atoms with van der Waals surface area (Å²) in [7, 11) is 0. The lowest BCUT2D eigenvalue weighted by atomic mass is 10.0. The van der Waals surface area contributed by atoms with E-state index >= 15 is 0 Å². The fraction of sp³-hybridized carbons (Fsp3) is 0.310. The molecule has 0 fully saturated rings. The molecule has 8 heteroatoms. The van der Waals surface area contributed by atoms with Crippen LogP contribution in [0.1, 0.15) is 37.0 Å². The van der Waals surface area contributed by atoms with E-state index in [0.29, 0.717) is 27.2 Å². The number of hydrogen-bond acceptors (Lipinski definition) is 3. The molecule has 196 valence electrons. The van der Waals surface area contributed by atoms with Gasteiger partial charge in [-0.1, -0.05) is 90.3 Å². The Morgan fingerprint density at radius 1 is 0.919 bits per heavy atom. The van der Waals surface area contributed by atoms with Gasteiger partial charge in [0, 0.05) is 39.8 Å². The number of carbonyl (C=O) groups is 2. The van der Waals surface area contributed by atoms with Crippen molar-refractivity contribution in [2.75, 3.05) is 5.75 Å². The van der Waals surface area contributed by atoms with E-state index in [4.69, 9.17) is 34.8 Å². The van der Waals surface area contributed by atoms with Gasteiger partial charge in [-0.25, -0.2) is 0 Å². The second-order valence-electron chi connectivity index (χ2n) is 8.90. The van der Waals surface area contributed by atoms with Crippen LogP contribution in [0.2, 0.25) is 15.1 Å². The number of amides is 2. The number of thioether (sulfide) groups is 1. The van der Waals surface area contributed by atoms with Gasteiger partial charge in [0.1, 0.15) is 6.04 Å². The van der Waals surface area contributed by atoms with Crippen LogP contribution in [-0.4, -0.2) is 34.6 Å². The summed E-state index contributed by atoms with van der Waals surface area (Å²) >= 11 is 20.1. The Balaban J connectivity index is 1.88. The first-order chi connectivity index (χ1) is 17.8. The summed E-state index contributed by atoms with van der Waals surface area (Å²) in [6.45, 7) is 4.17. The smallest absolute Gasteiger partial charge is 0.243 e. The summed E-state index contributed by atoms with van der Waals surface area (Å²) in [4.78, 5) is 28.9. The summed E-state index contributed by atoms with van der Waals surface area (Å²) in [5.41, 5.74) is 2.78. The van der Waals surface area contributed by atoms with Crippen molar-refractivity contribution in [3.05, 3.63) is 105 Å². The van der Waals surface area contributed by atoms with E-state index in [1.165, 1.54) is 11.8 Å². The first-order valence-corrected chi connectivity index (χ1v) is 14.5. The fourth-order valence-corrected chi connectivity index (χ4v) is 5.21. The fourth-order valence-electron chi connectivity index (χ4n) is 3.75. The highest BCUT2D eigenvalue weighted by Gasteiger charge is 2.31. The van der Waals surface area contributed by atoms with Crippen molar-refractivity contribution in [1.82, 2.24) is 10.2 Å². The lowest BCUT2D eigenvalue weighted by Gasteiger charge is -2.32. The summed E-state index contributed by atoms with van der Waals surface area (Å²) < 4.78 is 0. The quantitative estimate of drug-likeness (QED) is 0.243. The van der Waals surface area contributed by atoms with Gasteiger partial charge in [0.15, 0.2) is 0 Å². The molecule has 0 bridgehead atoms. The van der Waals surface area contributed by atoms with Crippen LogP contribution in [0.5, 0.6) is 0 Å². The Morgan fingerprint density at radius 2 is 1.59 bits per heavy atom. The van der Waals surface area contributed by atoms with Gasteiger partial charge in [-0.3, -0.25) is 9.59 Å². The minimum absolute atomic E-state index is 0.0128. The summed E-state index contributed by atoms with van der Waals surface area (Å²) in [6, 6.07) is 21.8. The van der Waals surface area contributed by atoms with Crippen LogP contribution in [0.25, 0.3) is 0 Å². The van der Waals surface area contributed by atoms with E-state index in [9.17, 15) is 9.59 Å². The zero-order valence-corrected chi connectivity index (χ0v) is 24.0. The zero-order chi connectivity index (χ0) is 26.8. The van der Waals surface area contributed by atoms with Crippen molar-refractivity contribution >= 4 is 58.4 Å². The molecule has 2 unspecified atom stereocenters. The van der Waals surface area contributed by atoms with Crippen LogP contribution in [0.15, 0.2) is 72.8 Å². The molecule has 2 amide bonds. The van der Waals surface area contributed by atoms with E-state index in [-0.39, 0.29) is 30.2 Å². The van der Waals surface area contributed by atoms with Crippen LogP contribution in [0.4, 0.5) is 0 Å². The van der Waals surface area contributed by atoms with E-state index in [1.54, 1.807) is 23.1 Å². The maximum absolute atomic E-state index is 13.7. The molecule has 3 rings (SSSR count). The number of benzene rings is 3. The summed E-state index contributed by atoms with van der Waals surface area (Å²) in [5.74, 6) is 0.556. The molecule has 0 aliphatic carbocycles. The van der Waals surface area contributed by atoms with Crippen LogP contribution < -0.4 is 5.32 Å². The van der Waals surface area contributed by atoms with Crippen LogP contribution >= 0.6 is 46.6 Å². The van der Waals surface area contributed by atoms with Crippen molar-refractivity contribution in [2.24, 2.45) is 0 Å². The Hall–Kier alpha value is -2.18. The molecule has 0 saturated carbocycles. The van der Waals surface area contributed by atoms with E-state index in [2.05, 4.69) is 5.32 Å². The first kappa shape index (κ1) is 29.4. The number of halogens is 3. The maximum atomic E-state index is 13.7. The van der Waals surface area contributed by atoms with Gasteiger partial charge in [-0.05, 0) is 54.3 Å². The molecule has 2 atom stereocenters. The Morgan fingerprint density at radius 3 is 2.24 bits per heavy atom. The molecule has 0 aromatic heterocycles. The largest absolute Gasteiger partial charge is 0.352 e. The minimum Gasteiger partial charge on any atom is -0.352 e. The molecular weight excluding hydrogens is 547 g/mol. The van der Waals surface area contributed by atoms with Crippen LogP contribution in [0, 0.1) is 0 Å². The van der Waals surface area contributed by atoms with Crippen molar-refractivity contribution in [2.45, 2.75) is 51.1 Å². The number of carbonyl (C=O) groups excluding carboxylic acids is 2. The van der Waals surface area contributed by atoms with Gasteiger partial charge in [0.2, 0.25) is 11.8 Å². The predicted octanol–water partition coefficient (Wildman–Crippen LogP) is 7.43. The van der Waals surface area contributed by atoms with Gasteiger partial charge in [0.05, 0.1) is 5.75 Å². The van der Waals surface area contributed by atoms with Gasteiger partial charge in [0.25, 0.3) is 0 Å². The number of hydrogen-bond donors (Lipinski definition) is 1. The summed E-state index contributed by atoms with van der Waals surface area (Å²) in [5, 5.41) is 4.72. The monoisotopic (exact) mass is 576 g/mol. The van der Waals surface area contributed by atoms with Crippen LogP contribution in [-0.2, 0) is 28.3 Å². The van der Waals surface area contributed by atoms with Gasteiger partial charge >= 0.3 is 0 Å². The molecule has 0 heterocycles. The second-order valence-corrected chi connectivity index (χ2v) is 11.2. The molecule has 0 aliphatic rings. The molecule has 37 heavy (non-hydrogen) atoms. The van der Waals surface area contributed by atoms with E-state index in [1.807, 2.05) is 68.4 Å². The van der Waals surface area contributed by atoms with Gasteiger partial charge < -0.3 is 10.2 Å². The summed E-state index contributed by atoms with van der Waals surface area (Å²) in [6.07, 6.45) is 1.18. The Labute approximate surface area is 238 Å². The van der Waals surface area contributed by atoms with Crippen molar-refractivity contribution in [3.8, 4) is 0 Å². The normalized spacial score (nSPS) is 12.6. The maximum Gasteiger partial charge on any atom is 0.243 e. The first-order valence-electron chi connectivity index (χ1n) is 12.2. The highest BCUT2D eigenvalue weighted by Crippen LogP contribution is 2.25. The van der Waals surface area contributed by atoms with Gasteiger partial charge in [-0.15, -0.1) is 11.8 Å². The Bertz CT molecular complexity index is 1180. The molecular formula is C29H31Cl3N2O2S. The lowest BCUT2D eigenvalue weighted by molar-refractivity contribution is -0.139. The molecule has 0 spiro atoms. The minimum atomic E-state index is -0.702. The third-order valence-electron chi connectivity index (χ3n) is 6.04. The zero-order valence-electron chi connectivity index (χ0n) is 20.9. The molecule has 4 nitrogen and oxygen atoms in total. The molecule has 0 radical (unpaired) electrons.